The first-order chi connectivity index (χ1) is 15.1. The van der Waals surface area contributed by atoms with E-state index in [0.29, 0.717) is 38.1 Å². The molecule has 0 spiro atoms. The standard InChI is InChI=1S/C25H25NO5/c1-2-30-24(28)17-11-13-26(14-12-17)22(27)16-31-25(29)23-20-9-5-3-7-18(20)15-19-8-4-6-10-21(19)23/h3-10,15,17H,2,11-14,16H2,1H3. The molecule has 3 aromatic rings. The Hall–Kier alpha value is -3.41. The minimum Gasteiger partial charge on any atom is -0.466 e. The van der Waals surface area contributed by atoms with E-state index in [9.17, 15) is 14.4 Å². The summed E-state index contributed by atoms with van der Waals surface area (Å²) in [6, 6.07) is 17.3. The summed E-state index contributed by atoms with van der Waals surface area (Å²) >= 11 is 0. The number of ether oxygens (including phenoxy) is 2. The van der Waals surface area contributed by atoms with Crippen LogP contribution in [0.5, 0.6) is 0 Å². The van der Waals surface area contributed by atoms with Gasteiger partial charge in [0.15, 0.2) is 6.61 Å². The summed E-state index contributed by atoms with van der Waals surface area (Å²) in [4.78, 5) is 39.1. The molecule has 160 valence electrons. The molecular formula is C25H25NO5. The monoisotopic (exact) mass is 419 g/mol. The summed E-state index contributed by atoms with van der Waals surface area (Å²) < 4.78 is 10.5. The second-order valence-corrected chi connectivity index (χ2v) is 7.68. The van der Waals surface area contributed by atoms with E-state index in [2.05, 4.69) is 0 Å². The summed E-state index contributed by atoms with van der Waals surface area (Å²) in [5, 5.41) is 3.49. The van der Waals surface area contributed by atoms with Gasteiger partial charge in [-0.25, -0.2) is 4.79 Å². The van der Waals surface area contributed by atoms with Crippen molar-refractivity contribution < 1.29 is 23.9 Å². The van der Waals surface area contributed by atoms with Gasteiger partial charge in [-0.3, -0.25) is 9.59 Å². The number of esters is 2. The molecule has 0 radical (unpaired) electrons. The number of amides is 1. The summed E-state index contributed by atoms with van der Waals surface area (Å²) in [5.41, 5.74) is 0.475. The predicted octanol–water partition coefficient (Wildman–Crippen LogP) is 3.95. The zero-order valence-electron chi connectivity index (χ0n) is 17.5. The van der Waals surface area contributed by atoms with E-state index in [4.69, 9.17) is 9.47 Å². The Kier molecular flexibility index (Phi) is 6.16. The van der Waals surface area contributed by atoms with Crippen LogP contribution in [0.1, 0.15) is 30.1 Å². The number of hydrogen-bond donors (Lipinski definition) is 0. The first-order valence-corrected chi connectivity index (χ1v) is 10.6. The van der Waals surface area contributed by atoms with Gasteiger partial charge in [0.05, 0.1) is 18.1 Å². The molecule has 1 amide bonds. The zero-order chi connectivity index (χ0) is 21.8. The van der Waals surface area contributed by atoms with E-state index in [0.717, 1.165) is 21.5 Å². The summed E-state index contributed by atoms with van der Waals surface area (Å²) in [7, 11) is 0. The molecule has 1 aliphatic heterocycles. The van der Waals surface area contributed by atoms with Crippen molar-refractivity contribution >= 4 is 39.4 Å². The average Bonchev–Trinajstić information content (AvgIpc) is 2.81. The molecule has 6 heteroatoms. The van der Waals surface area contributed by atoms with Crippen molar-refractivity contribution in [1.29, 1.82) is 0 Å². The van der Waals surface area contributed by atoms with E-state index in [1.807, 2.05) is 54.6 Å². The number of fused-ring (bicyclic) bond motifs is 2. The van der Waals surface area contributed by atoms with Crippen LogP contribution in [0, 0.1) is 5.92 Å². The molecule has 0 N–H and O–H groups in total. The van der Waals surface area contributed by atoms with Gasteiger partial charge < -0.3 is 14.4 Å². The highest BCUT2D eigenvalue weighted by molar-refractivity contribution is 6.16. The summed E-state index contributed by atoms with van der Waals surface area (Å²) in [6.45, 7) is 2.73. The second kappa shape index (κ2) is 9.16. The SMILES string of the molecule is CCOC(=O)C1CCN(C(=O)COC(=O)c2c3ccccc3cc3ccccc23)CC1. The molecule has 6 nitrogen and oxygen atoms in total. The van der Waals surface area contributed by atoms with Gasteiger partial charge in [-0.15, -0.1) is 0 Å². The van der Waals surface area contributed by atoms with Gasteiger partial charge in [-0.1, -0.05) is 48.5 Å². The lowest BCUT2D eigenvalue weighted by Gasteiger charge is -2.30. The van der Waals surface area contributed by atoms with Gasteiger partial charge >= 0.3 is 11.9 Å². The Bertz CT molecular complexity index is 1080. The van der Waals surface area contributed by atoms with E-state index in [1.165, 1.54) is 0 Å². The number of benzene rings is 3. The molecule has 4 rings (SSSR count). The maximum absolute atomic E-state index is 13.0. The van der Waals surface area contributed by atoms with Crippen molar-refractivity contribution in [3.05, 3.63) is 60.2 Å². The third kappa shape index (κ3) is 4.38. The molecule has 1 saturated heterocycles. The number of piperidine rings is 1. The number of rotatable bonds is 5. The van der Waals surface area contributed by atoms with Crippen LogP contribution in [-0.4, -0.2) is 49.0 Å². The lowest BCUT2D eigenvalue weighted by Crippen LogP contribution is -2.42. The number of carbonyl (C=O) groups excluding carboxylic acids is 3. The highest BCUT2D eigenvalue weighted by atomic mass is 16.5. The Morgan fingerprint density at radius 3 is 2.06 bits per heavy atom. The van der Waals surface area contributed by atoms with E-state index in [-0.39, 0.29) is 24.4 Å². The fourth-order valence-corrected chi connectivity index (χ4v) is 4.15. The summed E-state index contributed by atoms with van der Waals surface area (Å²) in [6.07, 6.45) is 1.12. The average molecular weight is 419 g/mol. The Morgan fingerprint density at radius 1 is 0.903 bits per heavy atom. The van der Waals surface area contributed by atoms with Crippen molar-refractivity contribution in [1.82, 2.24) is 4.90 Å². The lowest BCUT2D eigenvalue weighted by atomic mass is 9.97. The minimum atomic E-state index is -0.511. The van der Waals surface area contributed by atoms with Gasteiger partial charge in [0.2, 0.25) is 0 Å². The van der Waals surface area contributed by atoms with Crippen LogP contribution >= 0.6 is 0 Å². The fraction of sp³-hybridized carbons (Fsp3) is 0.320. The van der Waals surface area contributed by atoms with E-state index in [1.54, 1.807) is 11.8 Å². The van der Waals surface area contributed by atoms with Crippen molar-refractivity contribution in [2.45, 2.75) is 19.8 Å². The molecule has 31 heavy (non-hydrogen) atoms. The molecule has 0 saturated carbocycles. The van der Waals surface area contributed by atoms with Crippen LogP contribution in [0.25, 0.3) is 21.5 Å². The highest BCUT2D eigenvalue weighted by Gasteiger charge is 2.28. The van der Waals surface area contributed by atoms with Crippen LogP contribution in [-0.2, 0) is 19.1 Å². The number of carbonyl (C=O) groups is 3. The molecule has 1 fully saturated rings. The molecule has 0 aromatic heterocycles. The number of hydrogen-bond acceptors (Lipinski definition) is 5. The maximum Gasteiger partial charge on any atom is 0.339 e. The molecule has 3 aromatic carbocycles. The Labute approximate surface area is 180 Å². The molecule has 0 atom stereocenters. The van der Waals surface area contributed by atoms with Crippen molar-refractivity contribution in [3.63, 3.8) is 0 Å². The largest absolute Gasteiger partial charge is 0.466 e. The van der Waals surface area contributed by atoms with Crippen LogP contribution in [0.4, 0.5) is 0 Å². The fourth-order valence-electron chi connectivity index (χ4n) is 4.15. The molecule has 0 aliphatic carbocycles. The topological polar surface area (TPSA) is 72.9 Å². The normalized spacial score (nSPS) is 14.5. The van der Waals surface area contributed by atoms with Crippen molar-refractivity contribution in [2.75, 3.05) is 26.3 Å². The minimum absolute atomic E-state index is 0.173. The van der Waals surface area contributed by atoms with E-state index < -0.39 is 5.97 Å². The third-order valence-electron chi connectivity index (χ3n) is 5.77. The molecule has 1 heterocycles. The van der Waals surface area contributed by atoms with Crippen LogP contribution < -0.4 is 0 Å². The van der Waals surface area contributed by atoms with Crippen LogP contribution in [0.2, 0.25) is 0 Å². The van der Waals surface area contributed by atoms with Gasteiger partial charge in [-0.2, -0.15) is 0 Å². The first-order valence-electron chi connectivity index (χ1n) is 10.6. The number of likely N-dealkylation sites (tertiary alicyclic amines) is 1. The van der Waals surface area contributed by atoms with Gasteiger partial charge in [0.1, 0.15) is 0 Å². The number of nitrogens with zero attached hydrogens (tertiary/aromatic N) is 1. The quantitative estimate of drug-likeness (QED) is 0.462. The Morgan fingerprint density at radius 2 is 1.48 bits per heavy atom. The first kappa shape index (κ1) is 20.8. The maximum atomic E-state index is 13.0. The van der Waals surface area contributed by atoms with E-state index >= 15 is 0 Å². The van der Waals surface area contributed by atoms with Crippen LogP contribution in [0.15, 0.2) is 54.6 Å². The van der Waals surface area contributed by atoms with Crippen LogP contribution in [0.3, 0.4) is 0 Å². The van der Waals surface area contributed by atoms with Crippen molar-refractivity contribution in [2.24, 2.45) is 5.92 Å². The molecule has 0 bridgehead atoms. The lowest BCUT2D eigenvalue weighted by molar-refractivity contribution is -0.151. The zero-order valence-corrected chi connectivity index (χ0v) is 17.5. The molecule has 1 aliphatic rings. The molecular weight excluding hydrogens is 394 g/mol. The summed E-state index contributed by atoms with van der Waals surface area (Å²) in [5.74, 6) is -1.14. The molecule has 0 unspecified atom stereocenters. The smallest absolute Gasteiger partial charge is 0.339 e. The van der Waals surface area contributed by atoms with Gasteiger partial charge in [0.25, 0.3) is 5.91 Å². The van der Waals surface area contributed by atoms with Gasteiger partial charge in [0, 0.05) is 13.1 Å². The third-order valence-corrected chi connectivity index (χ3v) is 5.77. The second-order valence-electron chi connectivity index (χ2n) is 7.68. The Balaban J connectivity index is 1.45. The van der Waals surface area contributed by atoms with Gasteiger partial charge in [-0.05, 0) is 47.4 Å². The van der Waals surface area contributed by atoms with Crippen molar-refractivity contribution in [3.8, 4) is 0 Å². The predicted molar refractivity (Wildman–Crippen MR) is 118 cm³/mol. The highest BCUT2D eigenvalue weighted by Crippen LogP contribution is 2.29.